The maximum absolute atomic E-state index is 4.93. The minimum absolute atomic E-state index is 0.745. The Hall–Kier alpha value is -1.79. The van der Waals surface area contributed by atoms with Crippen LogP contribution in [0.2, 0.25) is 46.3 Å². The van der Waals surface area contributed by atoms with Gasteiger partial charge < -0.3 is 0 Å². The molecule has 0 atom stereocenters. The van der Waals surface area contributed by atoms with Crippen LogP contribution in [0.3, 0.4) is 0 Å². The predicted octanol–water partition coefficient (Wildman–Crippen LogP) is 17.0. The van der Waals surface area contributed by atoms with Crippen molar-refractivity contribution < 1.29 is 20.8 Å². The third-order valence-corrected chi connectivity index (χ3v) is 27.0. The fourth-order valence-electron chi connectivity index (χ4n) is 11.1. The Morgan fingerprint density at radius 1 is 0.466 bits per heavy atom. The first-order valence-corrected chi connectivity index (χ1v) is 34.3. The molecule has 6 aromatic carbocycles. The molecule has 0 aliphatic rings. The second-order valence-corrected chi connectivity index (χ2v) is 34.7. The minimum atomic E-state index is -1.58. The van der Waals surface area contributed by atoms with Crippen LogP contribution >= 0.6 is 17.0 Å². The zero-order chi connectivity index (χ0) is 43.5. The number of hydrogen-bond donors (Lipinski definition) is 0. The Bertz CT molecular complexity index is 1920. The van der Waals surface area contributed by atoms with Crippen molar-refractivity contribution in [2.45, 2.75) is 143 Å². The molecule has 310 valence electrons. The van der Waals surface area contributed by atoms with Crippen molar-refractivity contribution >= 4 is 74.6 Å². The SMILES string of the molecule is C[Si]C.Cc1cc2c(-c3ccc([Si](C(C)C)(C(C)C)C(C)C)cc3)cccc2[cH-]1.Cc1cc2c(-c3ccc([Si](C(C)C)(C(C)C)C(C)C)cc3)cccc2[cH-]1.[Cl][Zr+2][Cl]. The standard InChI is InChI=1S/2C25H33Si.C2H6Si.2ClH.Zr/c2*1-17(2)26(18(3)4,19(5)6)23-13-11-21(12-14-23)24-10-8-9-22-15-20(7)16-25(22)24;1-3-2;;;/h2*8-19H,1-7H3;1-2H3;2*1H;/q2*-1;;;;+4/p-2. The van der Waals surface area contributed by atoms with Crippen molar-refractivity contribution in [2.75, 3.05) is 0 Å². The van der Waals surface area contributed by atoms with E-state index in [-0.39, 0.29) is 0 Å². The molecule has 0 saturated carbocycles. The topological polar surface area (TPSA) is 0 Å². The van der Waals surface area contributed by atoms with Crippen molar-refractivity contribution in [2.24, 2.45) is 0 Å². The Balaban J connectivity index is 0.000000273. The fourth-order valence-corrected chi connectivity index (χ4v) is 24.6. The van der Waals surface area contributed by atoms with Gasteiger partial charge in [-0.05, 0) is 44.4 Å². The molecule has 0 fully saturated rings. The Labute approximate surface area is 378 Å². The molecule has 0 aliphatic heterocycles. The number of aryl methyl sites for hydroxylation is 2. The normalized spacial score (nSPS) is 11.9. The van der Waals surface area contributed by atoms with Crippen LogP contribution in [0.15, 0.2) is 109 Å². The van der Waals surface area contributed by atoms with Crippen molar-refractivity contribution in [1.82, 2.24) is 0 Å². The molecule has 0 amide bonds. The Morgan fingerprint density at radius 3 is 0.966 bits per heavy atom. The molecule has 0 saturated heterocycles. The molecule has 6 rings (SSSR count). The summed E-state index contributed by atoms with van der Waals surface area (Å²) in [6.07, 6.45) is 0. The summed E-state index contributed by atoms with van der Waals surface area (Å²) in [7, 11) is 7.80. The molecule has 0 spiro atoms. The molecule has 0 unspecified atom stereocenters. The monoisotopic (exact) mass is 940 g/mol. The van der Waals surface area contributed by atoms with Crippen molar-refractivity contribution in [3.8, 4) is 22.3 Å². The van der Waals surface area contributed by atoms with E-state index >= 15 is 0 Å². The second kappa shape index (κ2) is 22.9. The van der Waals surface area contributed by atoms with Crippen molar-refractivity contribution in [1.29, 1.82) is 0 Å². The molecular formula is C52H72Cl2Si3Zr. The summed E-state index contributed by atoms with van der Waals surface area (Å²) in [5.41, 5.74) is 12.5. The van der Waals surface area contributed by atoms with E-state index in [2.05, 4.69) is 219 Å². The number of fused-ring (bicyclic) bond motifs is 2. The fraction of sp³-hybridized carbons (Fsp3) is 0.423. The number of rotatable bonds is 10. The van der Waals surface area contributed by atoms with Crippen LogP contribution in [-0.4, -0.2) is 25.7 Å². The van der Waals surface area contributed by atoms with Crippen LogP contribution in [0.4, 0.5) is 0 Å². The summed E-state index contributed by atoms with van der Waals surface area (Å²) in [5.74, 6) is 0. The van der Waals surface area contributed by atoms with Crippen LogP contribution in [-0.2, 0) is 20.8 Å². The third kappa shape index (κ3) is 11.0. The Morgan fingerprint density at radius 2 is 0.724 bits per heavy atom. The molecule has 0 nitrogen and oxygen atoms in total. The van der Waals surface area contributed by atoms with Gasteiger partial charge in [-0.2, -0.15) is 12.1 Å². The molecule has 6 heteroatoms. The van der Waals surface area contributed by atoms with Gasteiger partial charge in [0.2, 0.25) is 0 Å². The average molecular weight is 944 g/mol. The van der Waals surface area contributed by atoms with Gasteiger partial charge in [-0.3, -0.25) is 0 Å². The van der Waals surface area contributed by atoms with Crippen LogP contribution in [0.5, 0.6) is 0 Å². The molecule has 0 N–H and O–H groups in total. The second-order valence-electron chi connectivity index (χ2n) is 18.2. The first-order chi connectivity index (χ1) is 27.4. The zero-order valence-electron chi connectivity index (χ0n) is 38.6. The molecule has 0 aliphatic carbocycles. The van der Waals surface area contributed by atoms with Crippen LogP contribution in [0.1, 0.15) is 94.2 Å². The zero-order valence-corrected chi connectivity index (χ0v) is 45.6. The first-order valence-electron chi connectivity index (χ1n) is 21.5. The maximum atomic E-state index is 4.93. The van der Waals surface area contributed by atoms with Gasteiger partial charge in [0.05, 0.1) is 16.1 Å². The van der Waals surface area contributed by atoms with Gasteiger partial charge >= 0.3 is 37.9 Å². The summed E-state index contributed by atoms with van der Waals surface area (Å²) in [6.45, 7) is 37.9. The molecule has 0 aromatic heterocycles. The number of hydrogen-bond acceptors (Lipinski definition) is 0. The molecular weight excluding hydrogens is 871 g/mol. The number of benzene rings is 4. The van der Waals surface area contributed by atoms with Crippen molar-refractivity contribution in [3.05, 3.63) is 120 Å². The van der Waals surface area contributed by atoms with Crippen LogP contribution in [0.25, 0.3) is 43.8 Å². The van der Waals surface area contributed by atoms with E-state index in [4.69, 9.17) is 17.0 Å². The number of halogens is 2. The molecule has 0 heterocycles. The van der Waals surface area contributed by atoms with Gasteiger partial charge in [0.15, 0.2) is 0 Å². The quantitative estimate of drug-likeness (QED) is 0.0948. The molecule has 6 aromatic rings. The van der Waals surface area contributed by atoms with Gasteiger partial charge in [0, 0.05) is 9.52 Å². The Kier molecular flexibility index (Phi) is 20.0. The van der Waals surface area contributed by atoms with E-state index in [9.17, 15) is 0 Å². The summed E-state index contributed by atoms with van der Waals surface area (Å²) < 4.78 is 0. The van der Waals surface area contributed by atoms with Gasteiger partial charge in [0.1, 0.15) is 0 Å². The van der Waals surface area contributed by atoms with Gasteiger partial charge in [-0.1, -0.05) is 192 Å². The van der Waals surface area contributed by atoms with E-state index in [1.165, 1.54) is 54.9 Å². The van der Waals surface area contributed by atoms with E-state index in [1.54, 1.807) is 10.4 Å². The predicted molar refractivity (Wildman–Crippen MR) is 270 cm³/mol. The van der Waals surface area contributed by atoms with E-state index in [1.807, 2.05) is 0 Å². The van der Waals surface area contributed by atoms with Gasteiger partial charge in [0.25, 0.3) is 0 Å². The molecule has 0 bridgehead atoms. The summed E-state index contributed by atoms with van der Waals surface area (Å²) >= 11 is -0.826. The average Bonchev–Trinajstić information content (AvgIpc) is 3.73. The van der Waals surface area contributed by atoms with Crippen LogP contribution in [0, 0.1) is 13.8 Å². The van der Waals surface area contributed by atoms with E-state index in [0.29, 0.717) is 0 Å². The van der Waals surface area contributed by atoms with E-state index in [0.717, 1.165) is 42.8 Å². The van der Waals surface area contributed by atoms with E-state index < -0.39 is 37.0 Å². The summed E-state index contributed by atoms with van der Waals surface area (Å²) in [5, 5.41) is 8.67. The van der Waals surface area contributed by atoms with Crippen LogP contribution < -0.4 is 10.4 Å². The third-order valence-electron chi connectivity index (χ3n) is 12.9. The molecule has 58 heavy (non-hydrogen) atoms. The summed E-state index contributed by atoms with van der Waals surface area (Å²) in [4.78, 5) is 0. The molecule has 2 radical (unpaired) electrons. The summed E-state index contributed by atoms with van der Waals surface area (Å²) in [6, 6.07) is 41.7. The van der Waals surface area contributed by atoms with Crippen molar-refractivity contribution in [3.63, 3.8) is 0 Å². The van der Waals surface area contributed by atoms with Gasteiger partial charge in [-0.25, -0.2) is 0 Å². The van der Waals surface area contributed by atoms with Gasteiger partial charge in [-0.15, -0.1) is 69.1 Å². The first kappa shape index (κ1) is 50.6.